The van der Waals surface area contributed by atoms with E-state index in [1.807, 2.05) is 64.1 Å². The summed E-state index contributed by atoms with van der Waals surface area (Å²) in [5.41, 5.74) is 3.41. The summed E-state index contributed by atoms with van der Waals surface area (Å²) >= 11 is 0. The first-order valence-electron chi connectivity index (χ1n) is 17.6. The van der Waals surface area contributed by atoms with Crippen molar-refractivity contribution in [3.63, 3.8) is 0 Å². The largest absolute Gasteiger partial charge is 0.436 e. The van der Waals surface area contributed by atoms with Gasteiger partial charge in [0.05, 0.1) is 22.7 Å². The van der Waals surface area contributed by atoms with E-state index in [-0.39, 0.29) is 24.1 Å². The van der Waals surface area contributed by atoms with Crippen molar-refractivity contribution >= 4 is 44.7 Å². The van der Waals surface area contributed by atoms with E-state index in [9.17, 15) is 14.4 Å². The molecule has 0 spiro atoms. The quantitative estimate of drug-likeness (QED) is 0.282. The molecule has 1 atom stereocenters. The molecule has 5 aromatic rings. The molecular weight excluding hydrogens is 620 g/mol. The SMILES string of the molecule is CN1CCC(N2CCN(C(=O)C(Cc3ccc4[nH]ncc4c3)OC(=O)N3CCC(n4c(=O)[nH]c5c6ccccc6ccc54)CC3)CC2)CC1. The number of likely N-dealkylation sites (tertiary alicyclic amines) is 2. The lowest BCUT2D eigenvalue weighted by Gasteiger charge is -2.42. The van der Waals surface area contributed by atoms with E-state index in [0.29, 0.717) is 45.1 Å². The third kappa shape index (κ3) is 6.30. The van der Waals surface area contributed by atoms with Crippen molar-refractivity contribution in [1.82, 2.24) is 39.3 Å². The zero-order chi connectivity index (χ0) is 33.5. The van der Waals surface area contributed by atoms with Crippen molar-refractivity contribution < 1.29 is 14.3 Å². The van der Waals surface area contributed by atoms with Gasteiger partial charge < -0.3 is 24.4 Å². The molecule has 0 radical (unpaired) electrons. The maximum atomic E-state index is 14.1. The zero-order valence-electron chi connectivity index (χ0n) is 28.0. The zero-order valence-corrected chi connectivity index (χ0v) is 28.0. The van der Waals surface area contributed by atoms with E-state index in [4.69, 9.17) is 4.74 Å². The number of ether oxygens (including phenoxy) is 1. The topological polar surface area (TPSA) is 123 Å². The second-order valence-electron chi connectivity index (χ2n) is 14.0. The molecule has 3 aliphatic heterocycles. The van der Waals surface area contributed by atoms with Gasteiger partial charge in [0.25, 0.3) is 5.91 Å². The number of carbonyl (C=O) groups is 2. The number of amides is 2. The molecule has 0 aliphatic carbocycles. The van der Waals surface area contributed by atoms with Gasteiger partial charge in [-0.3, -0.25) is 19.4 Å². The minimum atomic E-state index is -0.936. The second kappa shape index (κ2) is 13.3. The van der Waals surface area contributed by atoms with Crippen LogP contribution in [0.15, 0.2) is 65.6 Å². The molecule has 12 heteroatoms. The first-order valence-corrected chi connectivity index (χ1v) is 17.6. The van der Waals surface area contributed by atoms with Crippen LogP contribution in [-0.4, -0.2) is 123 Å². The maximum Gasteiger partial charge on any atom is 0.410 e. The molecule has 2 amide bonds. The van der Waals surface area contributed by atoms with Crippen molar-refractivity contribution in [2.24, 2.45) is 0 Å². The highest BCUT2D eigenvalue weighted by atomic mass is 16.6. The van der Waals surface area contributed by atoms with Gasteiger partial charge in [-0.2, -0.15) is 5.10 Å². The Bertz CT molecular complexity index is 2030. The molecule has 256 valence electrons. The molecule has 2 N–H and O–H groups in total. The predicted molar refractivity (Wildman–Crippen MR) is 189 cm³/mol. The lowest BCUT2D eigenvalue weighted by Crippen LogP contribution is -2.56. The van der Waals surface area contributed by atoms with Gasteiger partial charge in [0, 0.05) is 68.5 Å². The van der Waals surface area contributed by atoms with Crippen LogP contribution in [0.25, 0.3) is 32.7 Å². The normalized spacial score (nSPS) is 19.6. The van der Waals surface area contributed by atoms with Gasteiger partial charge in [0.2, 0.25) is 0 Å². The van der Waals surface area contributed by atoms with Crippen LogP contribution in [0.1, 0.15) is 37.3 Å². The van der Waals surface area contributed by atoms with Crippen LogP contribution < -0.4 is 5.69 Å². The summed E-state index contributed by atoms with van der Waals surface area (Å²) in [6.45, 7) is 6.00. The Balaban J connectivity index is 0.949. The standard InChI is InChI=1S/C37H44N8O4/c1-41-14-10-28(11-15-41)42-18-20-43(21-19-42)35(46)33(23-25-6-8-31-27(22-25)24-38-40-31)49-37(48)44-16-12-29(13-17-44)45-32-9-7-26-4-2-3-5-30(26)34(32)39-36(45)47/h2-9,22,24,28-29,33H,10-21,23H2,1H3,(H,38,40)(H,39,47). The number of aromatic nitrogens is 4. The average Bonchev–Trinajstić information content (AvgIpc) is 3.75. The van der Waals surface area contributed by atoms with Gasteiger partial charge in [0.1, 0.15) is 0 Å². The van der Waals surface area contributed by atoms with Crippen LogP contribution in [0, 0.1) is 0 Å². The number of piperazine rings is 1. The first kappa shape index (κ1) is 31.6. The number of H-pyrrole nitrogens is 2. The Morgan fingerprint density at radius 1 is 0.857 bits per heavy atom. The summed E-state index contributed by atoms with van der Waals surface area (Å²) in [6.07, 6.45) is 4.17. The summed E-state index contributed by atoms with van der Waals surface area (Å²) in [5, 5.41) is 10.1. The van der Waals surface area contributed by atoms with Crippen LogP contribution in [0.2, 0.25) is 0 Å². The third-order valence-corrected chi connectivity index (χ3v) is 11.0. The van der Waals surface area contributed by atoms with Gasteiger partial charge >= 0.3 is 11.8 Å². The fourth-order valence-electron chi connectivity index (χ4n) is 8.12. The molecule has 3 saturated heterocycles. The lowest BCUT2D eigenvalue weighted by molar-refractivity contribution is -0.143. The number of hydrogen-bond acceptors (Lipinski definition) is 7. The van der Waals surface area contributed by atoms with Crippen LogP contribution in [0.4, 0.5) is 4.79 Å². The number of nitrogens with zero attached hydrogens (tertiary/aromatic N) is 6. The highest BCUT2D eigenvalue weighted by molar-refractivity contribution is 6.04. The number of benzene rings is 3. The smallest absolute Gasteiger partial charge is 0.410 e. The van der Waals surface area contributed by atoms with Crippen LogP contribution in [-0.2, 0) is 16.0 Å². The van der Waals surface area contributed by atoms with E-state index < -0.39 is 12.2 Å². The fourth-order valence-corrected chi connectivity index (χ4v) is 8.12. The lowest BCUT2D eigenvalue weighted by atomic mass is 10.0. The number of nitrogens with one attached hydrogen (secondary N) is 2. The number of imidazole rings is 1. The summed E-state index contributed by atoms with van der Waals surface area (Å²) < 4.78 is 7.95. The molecule has 0 bridgehead atoms. The van der Waals surface area contributed by atoms with Gasteiger partial charge in [0.15, 0.2) is 6.10 Å². The molecule has 5 heterocycles. The first-order chi connectivity index (χ1) is 23.9. The van der Waals surface area contributed by atoms with Crippen molar-refractivity contribution in [2.45, 2.75) is 50.3 Å². The summed E-state index contributed by atoms with van der Waals surface area (Å²) in [6, 6.07) is 18.5. The Kier molecular flexibility index (Phi) is 8.58. The maximum absolute atomic E-state index is 14.1. The predicted octanol–water partition coefficient (Wildman–Crippen LogP) is 3.98. The monoisotopic (exact) mass is 664 g/mol. The molecule has 3 aliphatic rings. The van der Waals surface area contributed by atoms with Crippen molar-refractivity contribution in [3.05, 3.63) is 76.8 Å². The van der Waals surface area contributed by atoms with Gasteiger partial charge in [-0.05, 0) is 75.0 Å². The molecule has 3 aromatic carbocycles. The van der Waals surface area contributed by atoms with Crippen LogP contribution in [0.5, 0.6) is 0 Å². The number of piperidine rings is 2. The fraction of sp³-hybridized carbons (Fsp3) is 0.459. The highest BCUT2D eigenvalue weighted by Crippen LogP contribution is 2.29. The van der Waals surface area contributed by atoms with Crippen LogP contribution in [0.3, 0.4) is 0 Å². The van der Waals surface area contributed by atoms with Gasteiger partial charge in [-0.25, -0.2) is 9.59 Å². The summed E-state index contributed by atoms with van der Waals surface area (Å²) in [4.78, 5) is 52.5. The van der Waals surface area contributed by atoms with Gasteiger partial charge in [-0.15, -0.1) is 0 Å². The minimum Gasteiger partial charge on any atom is -0.436 e. The van der Waals surface area contributed by atoms with Crippen LogP contribution >= 0.6 is 0 Å². The molecule has 49 heavy (non-hydrogen) atoms. The number of carbonyl (C=O) groups excluding carboxylic acids is 2. The highest BCUT2D eigenvalue weighted by Gasteiger charge is 2.35. The Morgan fingerprint density at radius 2 is 1.61 bits per heavy atom. The Labute approximate surface area is 284 Å². The molecule has 2 aromatic heterocycles. The third-order valence-electron chi connectivity index (χ3n) is 11.0. The number of fused-ring (bicyclic) bond motifs is 4. The molecule has 12 nitrogen and oxygen atoms in total. The Hall–Kier alpha value is -4.68. The number of rotatable bonds is 6. The van der Waals surface area contributed by atoms with Crippen molar-refractivity contribution in [3.8, 4) is 0 Å². The van der Waals surface area contributed by atoms with E-state index in [0.717, 1.165) is 77.3 Å². The second-order valence-corrected chi connectivity index (χ2v) is 14.0. The summed E-state index contributed by atoms with van der Waals surface area (Å²) in [7, 11) is 2.17. The van der Waals surface area contributed by atoms with Crippen molar-refractivity contribution in [1.29, 1.82) is 0 Å². The molecule has 1 unspecified atom stereocenters. The minimum absolute atomic E-state index is 0.0496. The van der Waals surface area contributed by atoms with Crippen molar-refractivity contribution in [2.75, 3.05) is 59.4 Å². The van der Waals surface area contributed by atoms with E-state index >= 15 is 0 Å². The molecule has 3 fully saturated rings. The number of aromatic amines is 2. The van der Waals surface area contributed by atoms with E-state index in [2.05, 4.69) is 32.0 Å². The molecular formula is C37H44N8O4. The van der Waals surface area contributed by atoms with E-state index in [1.165, 1.54) is 0 Å². The number of hydrogen-bond donors (Lipinski definition) is 2. The van der Waals surface area contributed by atoms with Gasteiger partial charge in [-0.1, -0.05) is 36.4 Å². The Morgan fingerprint density at radius 3 is 2.41 bits per heavy atom. The average molecular weight is 665 g/mol. The summed E-state index contributed by atoms with van der Waals surface area (Å²) in [5.74, 6) is -0.142. The van der Waals surface area contributed by atoms with E-state index in [1.54, 1.807) is 11.1 Å². The molecule has 8 rings (SSSR count). The molecule has 0 saturated carbocycles.